The second kappa shape index (κ2) is 4.09. The fourth-order valence-electron chi connectivity index (χ4n) is 1.08. The summed E-state index contributed by atoms with van der Waals surface area (Å²) in [5, 5.41) is 0.919. The summed E-state index contributed by atoms with van der Waals surface area (Å²) in [5.41, 5.74) is 0.838. The maximum Gasteiger partial charge on any atom is 0.186 e. The van der Waals surface area contributed by atoms with Crippen LogP contribution in [0.4, 0.5) is 5.13 Å². The first-order valence-electron chi connectivity index (χ1n) is 4.64. The van der Waals surface area contributed by atoms with E-state index in [0.29, 0.717) is 6.04 Å². The van der Waals surface area contributed by atoms with Gasteiger partial charge in [-0.1, -0.05) is 11.3 Å². The van der Waals surface area contributed by atoms with Crippen LogP contribution in [0.1, 0.15) is 36.1 Å². The summed E-state index contributed by atoms with van der Waals surface area (Å²) in [6, 6.07) is 0.403. The molecule has 0 aliphatic heterocycles. The van der Waals surface area contributed by atoms with E-state index >= 15 is 0 Å². The molecule has 0 aliphatic rings. The highest BCUT2D eigenvalue weighted by Crippen LogP contribution is 2.26. The topological polar surface area (TPSA) is 33.2 Å². The van der Waals surface area contributed by atoms with E-state index in [1.54, 1.807) is 6.92 Å². The summed E-state index contributed by atoms with van der Waals surface area (Å²) >= 11 is 1.47. The van der Waals surface area contributed by atoms with Crippen LogP contribution in [0.5, 0.6) is 0 Å². The Morgan fingerprint density at radius 1 is 1.50 bits per heavy atom. The van der Waals surface area contributed by atoms with Crippen LogP contribution in [0, 0.1) is 6.92 Å². The number of carbonyl (C=O) groups excluding carboxylic acids is 1. The van der Waals surface area contributed by atoms with Crippen LogP contribution in [-0.4, -0.2) is 23.9 Å². The molecule has 1 aromatic rings. The molecule has 0 saturated carbocycles. The van der Waals surface area contributed by atoms with Crippen molar-refractivity contribution in [2.75, 3.05) is 11.9 Å². The molecule has 0 aliphatic carbocycles. The first kappa shape index (κ1) is 11.2. The van der Waals surface area contributed by atoms with E-state index in [1.807, 2.05) is 14.0 Å². The number of hydrogen-bond acceptors (Lipinski definition) is 4. The van der Waals surface area contributed by atoms with Gasteiger partial charge in [-0.05, 0) is 20.8 Å². The van der Waals surface area contributed by atoms with E-state index in [-0.39, 0.29) is 5.78 Å². The van der Waals surface area contributed by atoms with Crippen LogP contribution in [0.3, 0.4) is 0 Å². The molecular weight excluding hydrogens is 196 g/mol. The lowest BCUT2D eigenvalue weighted by atomic mass is 10.3. The van der Waals surface area contributed by atoms with Crippen molar-refractivity contribution >= 4 is 22.3 Å². The molecule has 0 atom stereocenters. The first-order chi connectivity index (χ1) is 6.43. The Hall–Kier alpha value is -0.900. The Kier molecular flexibility index (Phi) is 3.26. The molecule has 0 amide bonds. The summed E-state index contributed by atoms with van der Waals surface area (Å²) in [6.07, 6.45) is 0. The number of hydrogen-bond donors (Lipinski definition) is 0. The largest absolute Gasteiger partial charge is 0.349 e. The number of carbonyl (C=O) groups is 1. The van der Waals surface area contributed by atoms with Gasteiger partial charge in [0.1, 0.15) is 0 Å². The second-order valence-electron chi connectivity index (χ2n) is 3.67. The third-order valence-electron chi connectivity index (χ3n) is 2.18. The Bertz CT molecular complexity index is 344. The lowest BCUT2D eigenvalue weighted by Gasteiger charge is -2.19. The van der Waals surface area contributed by atoms with Gasteiger partial charge >= 0.3 is 0 Å². The van der Waals surface area contributed by atoms with Gasteiger partial charge in [-0.15, -0.1) is 0 Å². The van der Waals surface area contributed by atoms with E-state index < -0.39 is 0 Å². The quantitative estimate of drug-likeness (QED) is 0.722. The van der Waals surface area contributed by atoms with Crippen LogP contribution < -0.4 is 4.90 Å². The lowest BCUT2D eigenvalue weighted by molar-refractivity contribution is 0.102. The molecule has 0 spiro atoms. The van der Waals surface area contributed by atoms with Crippen molar-refractivity contribution in [3.63, 3.8) is 0 Å². The normalized spacial score (nSPS) is 10.7. The van der Waals surface area contributed by atoms with E-state index in [0.717, 1.165) is 15.7 Å². The Balaban J connectivity index is 3.02. The van der Waals surface area contributed by atoms with Gasteiger partial charge < -0.3 is 4.90 Å². The zero-order valence-electron chi connectivity index (χ0n) is 9.29. The van der Waals surface area contributed by atoms with Crippen molar-refractivity contribution < 1.29 is 4.79 Å². The van der Waals surface area contributed by atoms with Crippen LogP contribution in [0.25, 0.3) is 0 Å². The number of anilines is 1. The maximum absolute atomic E-state index is 11.2. The molecule has 0 radical (unpaired) electrons. The summed E-state index contributed by atoms with van der Waals surface area (Å²) in [4.78, 5) is 18.4. The minimum Gasteiger partial charge on any atom is -0.349 e. The van der Waals surface area contributed by atoms with Gasteiger partial charge in [0.2, 0.25) is 0 Å². The number of thiazole rings is 1. The Morgan fingerprint density at radius 2 is 2.07 bits per heavy atom. The number of aromatic nitrogens is 1. The summed E-state index contributed by atoms with van der Waals surface area (Å²) in [5.74, 6) is 0.100. The molecule has 4 heteroatoms. The van der Waals surface area contributed by atoms with Crippen LogP contribution >= 0.6 is 11.3 Å². The van der Waals surface area contributed by atoms with E-state index in [1.165, 1.54) is 11.3 Å². The summed E-state index contributed by atoms with van der Waals surface area (Å²) in [6.45, 7) is 7.67. The predicted molar refractivity (Wildman–Crippen MR) is 60.4 cm³/mol. The molecule has 0 N–H and O–H groups in total. The molecule has 0 bridgehead atoms. The zero-order valence-corrected chi connectivity index (χ0v) is 10.1. The third-order valence-corrected chi connectivity index (χ3v) is 3.53. The van der Waals surface area contributed by atoms with Crippen molar-refractivity contribution in [2.45, 2.75) is 33.7 Å². The van der Waals surface area contributed by atoms with Crippen molar-refractivity contribution in [1.29, 1.82) is 0 Å². The highest BCUT2D eigenvalue weighted by atomic mass is 32.1. The minimum absolute atomic E-state index is 0.100. The van der Waals surface area contributed by atoms with Gasteiger partial charge in [0, 0.05) is 20.0 Å². The monoisotopic (exact) mass is 212 g/mol. The first-order valence-corrected chi connectivity index (χ1v) is 5.46. The standard InChI is InChI=1S/C10H16N2OS/c1-6(2)12(5)10-11-7(3)9(14-10)8(4)13/h6H,1-5H3. The molecular formula is C10H16N2OS. The predicted octanol–water partition coefficient (Wildman–Crippen LogP) is 2.50. The third kappa shape index (κ3) is 2.12. The number of ketones is 1. The van der Waals surface area contributed by atoms with Gasteiger partial charge in [-0.2, -0.15) is 0 Å². The SMILES string of the molecule is CC(=O)c1sc(N(C)C(C)C)nc1C. The molecule has 0 saturated heterocycles. The summed E-state index contributed by atoms with van der Waals surface area (Å²) in [7, 11) is 1.99. The van der Waals surface area contributed by atoms with E-state index in [2.05, 4.69) is 23.7 Å². The van der Waals surface area contributed by atoms with Crippen molar-refractivity contribution in [3.8, 4) is 0 Å². The van der Waals surface area contributed by atoms with E-state index in [4.69, 9.17) is 0 Å². The van der Waals surface area contributed by atoms with Gasteiger partial charge in [-0.25, -0.2) is 4.98 Å². The molecule has 0 aromatic carbocycles. The fourth-order valence-corrected chi connectivity index (χ4v) is 2.14. The van der Waals surface area contributed by atoms with E-state index in [9.17, 15) is 4.79 Å². The van der Waals surface area contributed by atoms with Gasteiger partial charge in [0.15, 0.2) is 10.9 Å². The fraction of sp³-hybridized carbons (Fsp3) is 0.600. The second-order valence-corrected chi connectivity index (χ2v) is 4.65. The molecule has 0 unspecified atom stereocenters. The van der Waals surface area contributed by atoms with Gasteiger partial charge in [0.25, 0.3) is 0 Å². The molecule has 3 nitrogen and oxygen atoms in total. The maximum atomic E-state index is 11.2. The van der Waals surface area contributed by atoms with Gasteiger partial charge in [-0.3, -0.25) is 4.79 Å². The number of rotatable bonds is 3. The smallest absolute Gasteiger partial charge is 0.186 e. The van der Waals surface area contributed by atoms with Crippen molar-refractivity contribution in [3.05, 3.63) is 10.6 Å². The highest BCUT2D eigenvalue weighted by Gasteiger charge is 2.15. The molecule has 0 fully saturated rings. The average Bonchev–Trinajstić information content (AvgIpc) is 2.45. The van der Waals surface area contributed by atoms with Crippen LogP contribution in [0.15, 0.2) is 0 Å². The molecule has 1 heterocycles. The highest BCUT2D eigenvalue weighted by molar-refractivity contribution is 7.17. The molecule has 1 aromatic heterocycles. The zero-order chi connectivity index (χ0) is 10.9. The van der Waals surface area contributed by atoms with Crippen LogP contribution in [0.2, 0.25) is 0 Å². The molecule has 14 heavy (non-hydrogen) atoms. The average molecular weight is 212 g/mol. The Morgan fingerprint density at radius 3 is 2.43 bits per heavy atom. The van der Waals surface area contributed by atoms with Gasteiger partial charge in [0.05, 0.1) is 10.6 Å². The number of aryl methyl sites for hydroxylation is 1. The number of Topliss-reactive ketones (excluding diaryl/α,β-unsaturated/α-hetero) is 1. The number of nitrogens with zero attached hydrogens (tertiary/aromatic N) is 2. The Labute approximate surface area is 88.8 Å². The molecule has 1 rings (SSSR count). The minimum atomic E-state index is 0.100. The summed E-state index contributed by atoms with van der Waals surface area (Å²) < 4.78 is 0. The molecule has 78 valence electrons. The van der Waals surface area contributed by atoms with Crippen molar-refractivity contribution in [2.24, 2.45) is 0 Å². The lowest BCUT2D eigenvalue weighted by Crippen LogP contribution is -2.25. The van der Waals surface area contributed by atoms with Crippen molar-refractivity contribution in [1.82, 2.24) is 4.98 Å². The van der Waals surface area contributed by atoms with Crippen LogP contribution in [-0.2, 0) is 0 Å².